The summed E-state index contributed by atoms with van der Waals surface area (Å²) in [5, 5.41) is 8.38. The minimum atomic E-state index is 0.664. The van der Waals surface area contributed by atoms with Crippen molar-refractivity contribution in [3.8, 4) is 0 Å². The van der Waals surface area contributed by atoms with E-state index < -0.39 is 0 Å². The van der Waals surface area contributed by atoms with Crippen molar-refractivity contribution in [2.75, 3.05) is 11.9 Å². The zero-order chi connectivity index (χ0) is 12.5. The maximum Gasteiger partial charge on any atom is 0.139 e. The lowest BCUT2D eigenvalue weighted by Gasteiger charge is -2.21. The number of nitrogens with zero attached hydrogens (tertiary/aromatic N) is 2. The first-order chi connectivity index (χ1) is 8.75. The molecule has 0 amide bonds. The first-order valence-electron chi connectivity index (χ1n) is 7.25. The summed E-state index contributed by atoms with van der Waals surface area (Å²) in [5.74, 6) is 2.54. The van der Waals surface area contributed by atoms with Crippen molar-refractivity contribution >= 4 is 21.7 Å². The number of halogens is 1. The third kappa shape index (κ3) is 2.31. The topological polar surface area (TPSA) is 29.9 Å². The number of hydrogen-bond donors (Lipinski definition) is 1. The van der Waals surface area contributed by atoms with E-state index in [1.807, 2.05) is 0 Å². The largest absolute Gasteiger partial charge is 0.369 e. The number of fused-ring (bicyclic) bond motifs is 1. The van der Waals surface area contributed by atoms with Crippen molar-refractivity contribution in [2.24, 2.45) is 5.92 Å². The van der Waals surface area contributed by atoms with Crippen LogP contribution < -0.4 is 5.32 Å². The molecule has 0 saturated heterocycles. The summed E-state index contributed by atoms with van der Waals surface area (Å²) in [6, 6.07) is 0. The van der Waals surface area contributed by atoms with Gasteiger partial charge in [0.05, 0.1) is 10.2 Å². The summed E-state index contributed by atoms with van der Waals surface area (Å²) in [5.41, 5.74) is 1.30. The van der Waals surface area contributed by atoms with Gasteiger partial charge >= 0.3 is 0 Å². The third-order valence-corrected chi connectivity index (χ3v) is 5.05. The normalized spacial score (nSPS) is 25.3. The van der Waals surface area contributed by atoms with Gasteiger partial charge in [-0.3, -0.25) is 0 Å². The van der Waals surface area contributed by atoms with Gasteiger partial charge in [0.1, 0.15) is 5.82 Å². The quantitative estimate of drug-likeness (QED) is 0.790. The van der Waals surface area contributed by atoms with E-state index >= 15 is 0 Å². The lowest BCUT2D eigenvalue weighted by atomic mass is 9.97. The predicted molar refractivity (Wildman–Crippen MR) is 78.0 cm³/mol. The van der Waals surface area contributed by atoms with Crippen LogP contribution in [0.3, 0.4) is 0 Å². The molecule has 0 aromatic carbocycles. The van der Waals surface area contributed by atoms with Crippen molar-refractivity contribution < 1.29 is 0 Å². The van der Waals surface area contributed by atoms with E-state index in [0.29, 0.717) is 11.8 Å². The Morgan fingerprint density at radius 3 is 2.67 bits per heavy atom. The van der Waals surface area contributed by atoms with Crippen molar-refractivity contribution in [2.45, 2.75) is 57.9 Å². The molecular weight excluding hydrogens is 290 g/mol. The molecule has 0 bridgehead atoms. The zero-order valence-corrected chi connectivity index (χ0v) is 12.7. The third-order valence-electron chi connectivity index (χ3n) is 4.26. The summed E-state index contributed by atoms with van der Waals surface area (Å²) in [4.78, 5) is 0. The molecule has 4 heteroatoms. The first kappa shape index (κ1) is 12.5. The van der Waals surface area contributed by atoms with Crippen molar-refractivity contribution in [3.63, 3.8) is 0 Å². The highest BCUT2D eigenvalue weighted by Crippen LogP contribution is 2.39. The molecule has 2 aliphatic rings. The van der Waals surface area contributed by atoms with Crippen molar-refractivity contribution in [1.82, 2.24) is 9.78 Å². The van der Waals surface area contributed by atoms with E-state index in [2.05, 4.69) is 32.9 Å². The van der Waals surface area contributed by atoms with E-state index in [9.17, 15) is 0 Å². The van der Waals surface area contributed by atoms with E-state index in [0.717, 1.165) is 13.1 Å². The van der Waals surface area contributed by atoms with Gasteiger partial charge in [0.15, 0.2) is 0 Å². The Hall–Kier alpha value is -0.510. The summed E-state index contributed by atoms with van der Waals surface area (Å²) in [7, 11) is 0. The van der Waals surface area contributed by atoms with E-state index in [4.69, 9.17) is 5.10 Å². The highest BCUT2D eigenvalue weighted by atomic mass is 79.9. The second-order valence-electron chi connectivity index (χ2n) is 5.90. The van der Waals surface area contributed by atoms with Gasteiger partial charge in [-0.15, -0.1) is 0 Å². The molecule has 1 unspecified atom stereocenters. The Labute approximate surface area is 117 Å². The fraction of sp³-hybridized carbons (Fsp3) is 0.786. The Morgan fingerprint density at radius 2 is 1.94 bits per heavy atom. The fourth-order valence-corrected chi connectivity index (χ4v) is 3.95. The Balaban J connectivity index is 1.88. The molecule has 1 fully saturated rings. The molecule has 0 radical (unpaired) electrons. The van der Waals surface area contributed by atoms with E-state index in [1.165, 1.54) is 54.5 Å². The lowest BCUT2D eigenvalue weighted by Crippen LogP contribution is -2.25. The number of hydrogen-bond acceptors (Lipinski definition) is 2. The Bertz CT molecular complexity index is 419. The monoisotopic (exact) mass is 311 g/mol. The molecule has 0 spiro atoms. The molecule has 2 heterocycles. The standard InChI is InChI=1S/C14H22BrN3/c1-10-8-16-14-12(15)13(17-18(14)9-10)11-6-4-2-3-5-7-11/h10-11,16H,2-9H2,1H3. The lowest BCUT2D eigenvalue weighted by molar-refractivity contribution is 0.437. The molecule has 100 valence electrons. The van der Waals surface area contributed by atoms with Gasteiger partial charge in [-0.25, -0.2) is 4.68 Å². The van der Waals surface area contributed by atoms with Gasteiger partial charge in [-0.1, -0.05) is 32.6 Å². The Morgan fingerprint density at radius 1 is 1.22 bits per heavy atom. The highest BCUT2D eigenvalue weighted by molar-refractivity contribution is 9.10. The van der Waals surface area contributed by atoms with Crippen LogP contribution in [0.4, 0.5) is 5.82 Å². The maximum atomic E-state index is 4.87. The predicted octanol–water partition coefficient (Wildman–Crippen LogP) is 4.15. The van der Waals surface area contributed by atoms with E-state index in [-0.39, 0.29) is 0 Å². The molecule has 1 N–H and O–H groups in total. The molecule has 1 aromatic rings. The van der Waals surface area contributed by atoms with Gasteiger partial charge in [-0.2, -0.15) is 5.10 Å². The maximum absolute atomic E-state index is 4.87. The highest BCUT2D eigenvalue weighted by Gasteiger charge is 2.26. The number of nitrogens with one attached hydrogen (secondary N) is 1. The SMILES string of the molecule is CC1CNc2c(Br)c(C3CCCCCC3)nn2C1. The average Bonchev–Trinajstić information content (AvgIpc) is 2.57. The fourth-order valence-electron chi connectivity index (χ4n) is 3.20. The first-order valence-corrected chi connectivity index (χ1v) is 8.05. The summed E-state index contributed by atoms with van der Waals surface area (Å²) >= 11 is 3.77. The second kappa shape index (κ2) is 5.24. The van der Waals surface area contributed by atoms with E-state index in [1.54, 1.807) is 0 Å². The van der Waals surface area contributed by atoms with Gasteiger partial charge in [-0.05, 0) is 34.7 Å². The van der Waals surface area contributed by atoms with Crippen LogP contribution in [-0.4, -0.2) is 16.3 Å². The molecule has 3 nitrogen and oxygen atoms in total. The van der Waals surface area contributed by atoms with Crippen LogP contribution in [0, 0.1) is 5.92 Å². The van der Waals surface area contributed by atoms with Gasteiger partial charge in [0.2, 0.25) is 0 Å². The summed E-state index contributed by atoms with van der Waals surface area (Å²) in [6.45, 7) is 4.39. The minimum Gasteiger partial charge on any atom is -0.369 e. The zero-order valence-electron chi connectivity index (χ0n) is 11.1. The molecule has 1 aromatic heterocycles. The van der Waals surface area contributed by atoms with Crippen LogP contribution in [0.1, 0.15) is 57.1 Å². The van der Waals surface area contributed by atoms with Crippen molar-refractivity contribution in [1.29, 1.82) is 0 Å². The average molecular weight is 312 g/mol. The smallest absolute Gasteiger partial charge is 0.139 e. The van der Waals surface area contributed by atoms with Gasteiger partial charge in [0.25, 0.3) is 0 Å². The summed E-state index contributed by atoms with van der Waals surface area (Å²) in [6.07, 6.45) is 8.15. The van der Waals surface area contributed by atoms with Crippen LogP contribution in [-0.2, 0) is 6.54 Å². The number of rotatable bonds is 1. The molecular formula is C14H22BrN3. The molecule has 3 rings (SSSR count). The summed E-state index contributed by atoms with van der Waals surface area (Å²) < 4.78 is 3.39. The molecule has 1 atom stereocenters. The minimum absolute atomic E-state index is 0.664. The molecule has 1 aliphatic heterocycles. The Kier molecular flexibility index (Phi) is 3.64. The van der Waals surface area contributed by atoms with Crippen LogP contribution >= 0.6 is 15.9 Å². The number of anilines is 1. The van der Waals surface area contributed by atoms with Crippen LogP contribution in [0.2, 0.25) is 0 Å². The van der Waals surface area contributed by atoms with Crippen LogP contribution in [0.25, 0.3) is 0 Å². The molecule has 1 aliphatic carbocycles. The van der Waals surface area contributed by atoms with Crippen LogP contribution in [0.5, 0.6) is 0 Å². The second-order valence-corrected chi connectivity index (χ2v) is 6.70. The van der Waals surface area contributed by atoms with Gasteiger partial charge in [0, 0.05) is 19.0 Å². The molecule has 18 heavy (non-hydrogen) atoms. The molecule has 1 saturated carbocycles. The van der Waals surface area contributed by atoms with Gasteiger partial charge < -0.3 is 5.32 Å². The number of aromatic nitrogens is 2. The van der Waals surface area contributed by atoms with Crippen molar-refractivity contribution in [3.05, 3.63) is 10.2 Å². The van der Waals surface area contributed by atoms with Crippen LogP contribution in [0.15, 0.2) is 4.47 Å².